The van der Waals surface area contributed by atoms with Crippen LogP contribution in [0.4, 0.5) is 0 Å². The Morgan fingerprint density at radius 2 is 2.00 bits per heavy atom. The molecule has 1 unspecified atom stereocenters. The van der Waals surface area contributed by atoms with Gasteiger partial charge in [-0.05, 0) is 44.5 Å². The Morgan fingerprint density at radius 1 is 1.41 bits per heavy atom. The Labute approximate surface area is 110 Å². The molecule has 0 aliphatic carbocycles. The molecule has 1 heterocycles. The number of carbonyl (C=O) groups is 1. The number of halogens is 1. The quantitative estimate of drug-likeness (QED) is 0.865. The molecule has 1 amide bonds. The van der Waals surface area contributed by atoms with Crippen LogP contribution >= 0.6 is 15.9 Å². The number of amides is 1. The van der Waals surface area contributed by atoms with E-state index in [9.17, 15) is 4.79 Å². The van der Waals surface area contributed by atoms with Crippen molar-refractivity contribution in [1.29, 1.82) is 0 Å². The van der Waals surface area contributed by atoms with Gasteiger partial charge in [0.25, 0.3) is 5.91 Å². The van der Waals surface area contributed by atoms with Gasteiger partial charge in [0.1, 0.15) is 0 Å². The fraction of sp³-hybridized carbons (Fsp3) is 0.462. The largest absolute Gasteiger partial charge is 0.332 e. The maximum Gasteiger partial charge on any atom is 0.254 e. The molecule has 1 aromatic rings. The fourth-order valence-electron chi connectivity index (χ4n) is 2.40. The lowest BCUT2D eigenvalue weighted by molar-refractivity contribution is 0.0651. The molecule has 2 rings (SSSR count). The van der Waals surface area contributed by atoms with E-state index in [4.69, 9.17) is 5.73 Å². The first-order valence-electron chi connectivity index (χ1n) is 5.73. The van der Waals surface area contributed by atoms with Gasteiger partial charge in [0, 0.05) is 28.2 Å². The van der Waals surface area contributed by atoms with Crippen molar-refractivity contribution in [2.24, 2.45) is 5.73 Å². The summed E-state index contributed by atoms with van der Waals surface area (Å²) in [6.45, 7) is 4.77. The minimum Gasteiger partial charge on any atom is -0.332 e. The van der Waals surface area contributed by atoms with Crippen LogP contribution in [0.5, 0.6) is 0 Å². The number of benzene rings is 1. The molecule has 2 N–H and O–H groups in total. The van der Waals surface area contributed by atoms with Crippen LogP contribution in [0, 0.1) is 0 Å². The van der Waals surface area contributed by atoms with E-state index in [1.165, 1.54) is 0 Å². The molecule has 17 heavy (non-hydrogen) atoms. The van der Waals surface area contributed by atoms with E-state index in [0.29, 0.717) is 6.54 Å². The summed E-state index contributed by atoms with van der Waals surface area (Å²) in [7, 11) is 0. The zero-order chi connectivity index (χ0) is 12.6. The minimum atomic E-state index is -0.149. The molecule has 4 heteroatoms. The summed E-state index contributed by atoms with van der Waals surface area (Å²) in [5, 5.41) is 0. The molecular formula is C13H17BrN2O. The number of carbonyl (C=O) groups excluding carboxylic acids is 1. The van der Waals surface area contributed by atoms with E-state index in [-0.39, 0.29) is 17.5 Å². The van der Waals surface area contributed by atoms with E-state index in [2.05, 4.69) is 29.8 Å². The summed E-state index contributed by atoms with van der Waals surface area (Å²) in [6, 6.07) is 7.54. The highest BCUT2D eigenvalue weighted by atomic mass is 79.9. The number of likely N-dealkylation sites (tertiary alicyclic amines) is 1. The van der Waals surface area contributed by atoms with E-state index < -0.39 is 0 Å². The van der Waals surface area contributed by atoms with Crippen molar-refractivity contribution in [2.75, 3.05) is 6.54 Å². The van der Waals surface area contributed by atoms with Crippen LogP contribution in [-0.4, -0.2) is 28.9 Å². The molecule has 1 aromatic carbocycles. The third-order valence-corrected chi connectivity index (χ3v) is 3.77. The number of hydrogen-bond acceptors (Lipinski definition) is 2. The van der Waals surface area contributed by atoms with Crippen LogP contribution < -0.4 is 5.73 Å². The normalized spacial score (nSPS) is 22.8. The molecule has 0 spiro atoms. The number of nitrogens with zero attached hydrogens (tertiary/aromatic N) is 1. The third kappa shape index (κ3) is 2.53. The van der Waals surface area contributed by atoms with E-state index in [1.807, 2.05) is 29.2 Å². The van der Waals surface area contributed by atoms with Gasteiger partial charge in [0.2, 0.25) is 0 Å². The number of hydrogen-bond donors (Lipinski definition) is 1. The average Bonchev–Trinajstić information content (AvgIpc) is 2.52. The number of rotatable bonds is 1. The van der Waals surface area contributed by atoms with Crippen LogP contribution in [0.3, 0.4) is 0 Å². The standard InChI is InChI=1S/C13H17BrN2O/c1-13(2)7-11(15)8-16(13)12(17)9-3-5-10(14)6-4-9/h3-6,11H,7-8,15H2,1-2H3. The van der Waals surface area contributed by atoms with Crippen LogP contribution in [0.15, 0.2) is 28.7 Å². The van der Waals surface area contributed by atoms with E-state index in [1.54, 1.807) is 0 Å². The van der Waals surface area contributed by atoms with Crippen molar-refractivity contribution >= 4 is 21.8 Å². The van der Waals surface area contributed by atoms with Crippen molar-refractivity contribution in [2.45, 2.75) is 31.8 Å². The van der Waals surface area contributed by atoms with E-state index >= 15 is 0 Å². The Bertz CT molecular complexity index is 428. The monoisotopic (exact) mass is 296 g/mol. The molecule has 0 saturated carbocycles. The molecule has 1 aliphatic heterocycles. The smallest absolute Gasteiger partial charge is 0.254 e. The minimum absolute atomic E-state index is 0.0652. The molecule has 92 valence electrons. The molecular weight excluding hydrogens is 280 g/mol. The lowest BCUT2D eigenvalue weighted by Crippen LogP contribution is -2.42. The van der Waals surface area contributed by atoms with Gasteiger partial charge in [-0.1, -0.05) is 15.9 Å². The van der Waals surface area contributed by atoms with Gasteiger partial charge in [-0.25, -0.2) is 0 Å². The molecule has 1 saturated heterocycles. The summed E-state index contributed by atoms with van der Waals surface area (Å²) in [4.78, 5) is 14.3. The van der Waals surface area contributed by atoms with Crippen LogP contribution in [0.2, 0.25) is 0 Å². The van der Waals surface area contributed by atoms with Crippen LogP contribution in [-0.2, 0) is 0 Å². The summed E-state index contributed by atoms with van der Waals surface area (Å²) >= 11 is 3.37. The van der Waals surface area contributed by atoms with Crippen LogP contribution in [0.25, 0.3) is 0 Å². The Balaban J connectivity index is 2.23. The lowest BCUT2D eigenvalue weighted by Gasteiger charge is -2.31. The van der Waals surface area contributed by atoms with Gasteiger partial charge in [-0.2, -0.15) is 0 Å². The topological polar surface area (TPSA) is 46.3 Å². The Hall–Kier alpha value is -0.870. The Morgan fingerprint density at radius 3 is 2.47 bits per heavy atom. The molecule has 0 aromatic heterocycles. The second kappa shape index (κ2) is 4.42. The molecule has 1 aliphatic rings. The SMILES string of the molecule is CC1(C)CC(N)CN1C(=O)c1ccc(Br)cc1. The second-order valence-electron chi connectivity index (χ2n) is 5.20. The van der Waals surface area contributed by atoms with Gasteiger partial charge < -0.3 is 10.6 Å². The number of nitrogens with two attached hydrogens (primary N) is 1. The molecule has 1 atom stereocenters. The molecule has 0 bridgehead atoms. The highest BCUT2D eigenvalue weighted by Gasteiger charge is 2.39. The molecule has 3 nitrogen and oxygen atoms in total. The summed E-state index contributed by atoms with van der Waals surface area (Å²) in [6.07, 6.45) is 0.856. The van der Waals surface area contributed by atoms with Gasteiger partial charge in [-0.3, -0.25) is 4.79 Å². The molecule has 0 radical (unpaired) electrons. The fourth-order valence-corrected chi connectivity index (χ4v) is 2.67. The van der Waals surface area contributed by atoms with Crippen molar-refractivity contribution in [3.63, 3.8) is 0 Å². The highest BCUT2D eigenvalue weighted by Crippen LogP contribution is 2.29. The zero-order valence-electron chi connectivity index (χ0n) is 10.1. The molecule has 1 fully saturated rings. The summed E-state index contributed by atoms with van der Waals surface area (Å²) < 4.78 is 0.978. The first kappa shape index (κ1) is 12.6. The van der Waals surface area contributed by atoms with E-state index in [0.717, 1.165) is 16.5 Å². The zero-order valence-corrected chi connectivity index (χ0v) is 11.7. The summed E-state index contributed by atoms with van der Waals surface area (Å²) in [5.41, 5.74) is 6.51. The van der Waals surface area contributed by atoms with Gasteiger partial charge in [0.05, 0.1) is 0 Å². The van der Waals surface area contributed by atoms with Gasteiger partial charge >= 0.3 is 0 Å². The van der Waals surface area contributed by atoms with Crippen LogP contribution in [0.1, 0.15) is 30.6 Å². The maximum atomic E-state index is 12.4. The van der Waals surface area contributed by atoms with Gasteiger partial charge in [0.15, 0.2) is 0 Å². The summed E-state index contributed by atoms with van der Waals surface area (Å²) in [5.74, 6) is 0.0652. The van der Waals surface area contributed by atoms with Gasteiger partial charge in [-0.15, -0.1) is 0 Å². The van der Waals surface area contributed by atoms with Crippen molar-refractivity contribution in [3.05, 3.63) is 34.3 Å². The first-order valence-corrected chi connectivity index (χ1v) is 6.52. The van der Waals surface area contributed by atoms with Crippen molar-refractivity contribution in [3.8, 4) is 0 Å². The predicted octanol–water partition coefficient (Wildman–Crippen LogP) is 2.40. The highest BCUT2D eigenvalue weighted by molar-refractivity contribution is 9.10. The third-order valence-electron chi connectivity index (χ3n) is 3.25. The first-order chi connectivity index (χ1) is 7.90. The van der Waals surface area contributed by atoms with Crippen molar-refractivity contribution in [1.82, 2.24) is 4.90 Å². The average molecular weight is 297 g/mol. The predicted molar refractivity (Wildman–Crippen MR) is 71.8 cm³/mol. The van der Waals surface area contributed by atoms with Crippen molar-refractivity contribution < 1.29 is 4.79 Å². The second-order valence-corrected chi connectivity index (χ2v) is 6.11. The maximum absolute atomic E-state index is 12.4. The lowest BCUT2D eigenvalue weighted by atomic mass is 10.00. The Kier molecular flexibility index (Phi) is 3.27.